The van der Waals surface area contributed by atoms with E-state index < -0.39 is 90.9 Å². The van der Waals surface area contributed by atoms with E-state index in [4.69, 9.17) is 16.4 Å². The minimum Gasteiger partial charge on any atom is -0.480 e. The van der Waals surface area contributed by atoms with Crippen molar-refractivity contribution in [1.82, 2.24) is 4.90 Å². The number of benzene rings is 1. The quantitative estimate of drug-likeness (QED) is 0.843. The smallest absolute Gasteiger partial charge is 0.416 e. The summed E-state index contributed by atoms with van der Waals surface area (Å²) in [5.74, 6) is -4.02. The van der Waals surface area contributed by atoms with Gasteiger partial charge in [0, 0.05) is 19.3 Å². The number of carbonyl (C=O) groups excluding carboxylic acids is 1. The first-order chi connectivity index (χ1) is 17.3. The van der Waals surface area contributed by atoms with Gasteiger partial charge in [-0.3, -0.25) is 14.7 Å². The molecular weight excluding hydrogens is 361 g/mol. The van der Waals surface area contributed by atoms with E-state index in [1.54, 1.807) is 0 Å². The summed E-state index contributed by atoms with van der Waals surface area (Å²) in [4.78, 5) is 29.3. The highest BCUT2D eigenvalue weighted by atomic mass is 19.4. The Morgan fingerprint density at radius 1 is 1.41 bits per heavy atom. The Bertz CT molecular complexity index is 1250. The highest BCUT2D eigenvalue weighted by molar-refractivity contribution is 6.47. The molecule has 5 nitrogen and oxygen atoms in total. The van der Waals surface area contributed by atoms with E-state index >= 15 is 0 Å². The van der Waals surface area contributed by atoms with Gasteiger partial charge in [0.05, 0.1) is 8.30 Å². The molecule has 1 aliphatic carbocycles. The van der Waals surface area contributed by atoms with Crippen LogP contribution in [0.5, 0.6) is 0 Å². The first kappa shape index (κ1) is 9.21. The standard InChI is InChI=1S/C19H21F3N2O3/c1-2-14(17(26)27)24-16(25)15(23-18(24)10-4-3-5-11-18)12-6-8-13(9-7-12)19(20,21)22/h6-9,14H,2-5,10-11H2,1H3,(H,26,27)/i3D2,4D2,5D2,6D,10D2,11D2,14D. The molecule has 1 aliphatic heterocycles. The van der Waals surface area contributed by atoms with Crippen molar-refractivity contribution in [3.63, 3.8) is 0 Å². The Kier molecular flexibility index (Phi) is 2.38. The molecule has 1 unspecified atom stereocenters. The summed E-state index contributed by atoms with van der Waals surface area (Å²) < 4.78 is 139. The molecule has 0 bridgehead atoms. The number of carboxylic acid groups (broad SMARTS) is 1. The number of amides is 1. The molecule has 1 spiro atoms. The van der Waals surface area contributed by atoms with Crippen LogP contribution in [0.15, 0.2) is 29.2 Å². The van der Waals surface area contributed by atoms with Crippen LogP contribution in [0.25, 0.3) is 0 Å². The molecule has 1 aromatic carbocycles. The van der Waals surface area contributed by atoms with Crippen molar-refractivity contribution in [2.24, 2.45) is 4.99 Å². The minimum atomic E-state index is -4.94. The zero-order valence-corrected chi connectivity index (χ0v) is 13.7. The van der Waals surface area contributed by atoms with Crippen LogP contribution in [-0.2, 0) is 15.8 Å². The zero-order chi connectivity index (χ0) is 30.6. The van der Waals surface area contributed by atoms with Gasteiger partial charge in [0.25, 0.3) is 5.91 Å². The zero-order valence-electron chi connectivity index (χ0n) is 25.7. The van der Waals surface area contributed by atoms with Crippen LogP contribution in [0.4, 0.5) is 13.2 Å². The molecule has 8 heteroatoms. The molecule has 2 aliphatic rings. The lowest BCUT2D eigenvalue weighted by atomic mass is 9.87. The van der Waals surface area contributed by atoms with Crippen LogP contribution in [0.1, 0.15) is 72.8 Å². The van der Waals surface area contributed by atoms with E-state index in [-0.39, 0.29) is 11.0 Å². The lowest BCUT2D eigenvalue weighted by molar-refractivity contribution is -0.153. The van der Waals surface area contributed by atoms with E-state index in [0.29, 0.717) is 12.1 Å². The second-order valence-corrected chi connectivity index (χ2v) is 5.49. The predicted molar refractivity (Wildman–Crippen MR) is 92.4 cm³/mol. The number of rotatable bonds is 4. The number of alkyl halides is 3. The summed E-state index contributed by atoms with van der Waals surface area (Å²) in [6.07, 6.45) is -26.2. The summed E-state index contributed by atoms with van der Waals surface area (Å²) in [7, 11) is 0. The average molecular weight is 394 g/mol. The normalized spacial score (nSPS) is 37.7. The average Bonchev–Trinajstić information content (AvgIpc) is 3.11. The molecule has 1 aromatic rings. The highest BCUT2D eigenvalue weighted by Crippen LogP contribution is 2.41. The minimum absolute atomic E-state index is 0.243. The van der Waals surface area contributed by atoms with E-state index in [1.165, 1.54) is 0 Å². The third-order valence-corrected chi connectivity index (χ3v) is 3.85. The number of hydrogen-bond acceptors (Lipinski definition) is 3. The van der Waals surface area contributed by atoms with Gasteiger partial charge in [-0.25, -0.2) is 4.79 Å². The van der Waals surface area contributed by atoms with E-state index in [2.05, 4.69) is 4.99 Å². The highest BCUT2D eigenvalue weighted by Gasteiger charge is 2.51. The number of nitrogens with zero attached hydrogens (tertiary/aromatic N) is 2. The predicted octanol–water partition coefficient (Wildman–Crippen LogP) is 3.86. The van der Waals surface area contributed by atoms with Gasteiger partial charge >= 0.3 is 12.1 Å². The molecule has 1 atom stereocenters. The van der Waals surface area contributed by atoms with Crippen molar-refractivity contribution in [2.45, 2.75) is 63.1 Å². The van der Waals surface area contributed by atoms with Gasteiger partial charge in [0.2, 0.25) is 0 Å². The first-order valence-corrected chi connectivity index (χ1v) is 7.62. The van der Waals surface area contributed by atoms with Gasteiger partial charge in [0.1, 0.15) is 17.4 Å². The molecule has 27 heavy (non-hydrogen) atoms. The summed E-state index contributed by atoms with van der Waals surface area (Å²) >= 11 is 0. The first-order valence-electron chi connectivity index (χ1n) is 13.6. The maximum Gasteiger partial charge on any atom is 0.416 e. The Morgan fingerprint density at radius 3 is 2.59 bits per heavy atom. The molecule has 1 fully saturated rings. The maximum atomic E-state index is 13.7. The van der Waals surface area contributed by atoms with E-state index in [1.807, 2.05) is 0 Å². The Hall–Kier alpha value is -2.38. The summed E-state index contributed by atoms with van der Waals surface area (Å²) in [5.41, 5.74) is -7.33. The monoisotopic (exact) mass is 394 g/mol. The summed E-state index contributed by atoms with van der Waals surface area (Å²) in [6.45, 7) is 1.00. The lowest BCUT2D eigenvalue weighted by Crippen LogP contribution is -2.55. The van der Waals surface area contributed by atoms with E-state index in [9.17, 15) is 27.9 Å². The Labute approximate surface area is 171 Å². The van der Waals surface area contributed by atoms with E-state index in [0.717, 1.165) is 6.92 Å². The van der Waals surface area contributed by atoms with Crippen molar-refractivity contribution in [3.05, 3.63) is 35.4 Å². The number of halogens is 3. The van der Waals surface area contributed by atoms with Gasteiger partial charge < -0.3 is 5.11 Å². The molecule has 3 rings (SSSR count). The number of aliphatic imine (C=N–C) groups is 1. The third kappa shape index (κ3) is 3.44. The van der Waals surface area contributed by atoms with Crippen LogP contribution in [0, 0.1) is 0 Å². The van der Waals surface area contributed by atoms with Crippen LogP contribution in [0.3, 0.4) is 0 Å². The fourth-order valence-corrected chi connectivity index (χ4v) is 2.63. The number of carboxylic acids is 1. The van der Waals surface area contributed by atoms with Crippen LogP contribution in [0.2, 0.25) is 0 Å². The molecule has 1 saturated carbocycles. The summed E-state index contributed by atoms with van der Waals surface area (Å²) in [6, 6.07) is -3.26. The van der Waals surface area contributed by atoms with Crippen molar-refractivity contribution in [1.29, 1.82) is 0 Å². The Morgan fingerprint density at radius 2 is 2.07 bits per heavy atom. The number of aliphatic carboxylic acids is 1. The molecular formula is C19H21F3N2O3. The van der Waals surface area contributed by atoms with Crippen molar-refractivity contribution in [3.8, 4) is 0 Å². The van der Waals surface area contributed by atoms with Gasteiger partial charge in [-0.2, -0.15) is 13.2 Å². The topological polar surface area (TPSA) is 70.0 Å². The molecule has 0 saturated heterocycles. The SMILES string of the molecule is [2H]c1cc(C(F)(F)F)ccc1C1=NC2(N(C([2H])(CC)C(=O)O)C1=O)C([2H])([2H])C([2H])([2H])C([2H])([2H])C([2H])([2H])C2([2H])[2H]. The number of hydrogen-bond donors (Lipinski definition) is 1. The molecule has 0 aromatic heterocycles. The maximum absolute atomic E-state index is 13.7. The molecule has 146 valence electrons. The molecule has 1 heterocycles. The van der Waals surface area contributed by atoms with Crippen molar-refractivity contribution in [2.75, 3.05) is 0 Å². The fourth-order valence-electron chi connectivity index (χ4n) is 2.63. The van der Waals surface area contributed by atoms with Crippen LogP contribution >= 0.6 is 0 Å². The second-order valence-electron chi connectivity index (χ2n) is 5.49. The van der Waals surface area contributed by atoms with Crippen LogP contribution in [-0.4, -0.2) is 39.3 Å². The van der Waals surface area contributed by atoms with Crippen LogP contribution < -0.4 is 0 Å². The van der Waals surface area contributed by atoms with Crippen molar-refractivity contribution < 1.29 is 44.3 Å². The lowest BCUT2D eigenvalue weighted by Gasteiger charge is -2.41. The van der Waals surface area contributed by atoms with Gasteiger partial charge in [-0.1, -0.05) is 25.4 Å². The van der Waals surface area contributed by atoms with Gasteiger partial charge in [-0.05, 0) is 44.0 Å². The van der Waals surface area contributed by atoms with Crippen molar-refractivity contribution >= 4 is 17.6 Å². The molecule has 1 amide bonds. The van der Waals surface area contributed by atoms with Gasteiger partial charge in [-0.15, -0.1) is 0 Å². The summed E-state index contributed by atoms with van der Waals surface area (Å²) in [5, 5.41) is 9.86. The van der Waals surface area contributed by atoms with Gasteiger partial charge in [0.15, 0.2) is 0 Å². The Balaban J connectivity index is 2.55. The molecule has 0 radical (unpaired) electrons. The fraction of sp³-hybridized carbons (Fsp3) is 0.526. The third-order valence-electron chi connectivity index (χ3n) is 3.85. The largest absolute Gasteiger partial charge is 0.480 e. The second kappa shape index (κ2) is 6.98. The molecule has 1 N–H and O–H groups in total. The number of carbonyl (C=O) groups is 2.